The maximum atomic E-state index is 9.70. The predicted molar refractivity (Wildman–Crippen MR) is 84.4 cm³/mol. The lowest BCUT2D eigenvalue weighted by Gasteiger charge is -2.39. The Kier molecular flexibility index (Phi) is 3.81. The van der Waals surface area contributed by atoms with Gasteiger partial charge in [0.05, 0.1) is 22.2 Å². The second kappa shape index (κ2) is 5.75. The van der Waals surface area contributed by atoms with Gasteiger partial charge in [0.2, 0.25) is 0 Å². The fourth-order valence-corrected chi connectivity index (χ4v) is 3.21. The van der Waals surface area contributed by atoms with E-state index in [0.717, 1.165) is 37.2 Å². The molecule has 0 spiro atoms. The summed E-state index contributed by atoms with van der Waals surface area (Å²) in [5.41, 5.74) is 1.75. The van der Waals surface area contributed by atoms with Crippen LogP contribution in [-0.2, 0) is 5.41 Å². The molecule has 1 fully saturated rings. The molecule has 1 aromatic heterocycles. The highest BCUT2D eigenvalue weighted by molar-refractivity contribution is 6.33. The number of anilines is 1. The van der Waals surface area contributed by atoms with Gasteiger partial charge < -0.3 is 4.90 Å². The first-order chi connectivity index (χ1) is 10.2. The monoisotopic (exact) mass is 297 g/mol. The van der Waals surface area contributed by atoms with Gasteiger partial charge in [0.15, 0.2) is 0 Å². The topological polar surface area (TPSA) is 39.9 Å². The Morgan fingerprint density at radius 3 is 2.48 bits per heavy atom. The Morgan fingerprint density at radius 2 is 1.86 bits per heavy atom. The van der Waals surface area contributed by atoms with Crippen molar-refractivity contribution in [3.8, 4) is 6.07 Å². The lowest BCUT2D eigenvalue weighted by atomic mass is 9.74. The van der Waals surface area contributed by atoms with Gasteiger partial charge in [0, 0.05) is 25.5 Å². The molecule has 1 aliphatic heterocycles. The van der Waals surface area contributed by atoms with Crippen LogP contribution in [0.3, 0.4) is 0 Å². The zero-order chi connectivity index (χ0) is 14.7. The Labute approximate surface area is 129 Å². The third kappa shape index (κ3) is 2.59. The maximum Gasteiger partial charge on any atom is 0.0855 e. The van der Waals surface area contributed by atoms with Crippen LogP contribution >= 0.6 is 11.6 Å². The van der Waals surface area contributed by atoms with E-state index in [4.69, 9.17) is 11.6 Å². The van der Waals surface area contributed by atoms with Crippen molar-refractivity contribution in [1.82, 2.24) is 4.98 Å². The van der Waals surface area contributed by atoms with Crippen LogP contribution in [0, 0.1) is 11.3 Å². The molecule has 4 heteroatoms. The van der Waals surface area contributed by atoms with Gasteiger partial charge in [0.1, 0.15) is 0 Å². The molecule has 1 saturated heterocycles. The molecule has 2 aromatic rings. The highest BCUT2D eigenvalue weighted by Crippen LogP contribution is 2.37. The predicted octanol–water partition coefficient (Wildman–Crippen LogP) is 3.80. The molecule has 0 saturated carbocycles. The number of hydrogen-bond donors (Lipinski definition) is 0. The molecule has 0 unspecified atom stereocenters. The van der Waals surface area contributed by atoms with Crippen LogP contribution in [0.15, 0.2) is 48.8 Å². The van der Waals surface area contributed by atoms with Gasteiger partial charge in [-0.25, -0.2) is 0 Å². The minimum atomic E-state index is -0.378. The van der Waals surface area contributed by atoms with Crippen LogP contribution in [-0.4, -0.2) is 18.1 Å². The van der Waals surface area contributed by atoms with Gasteiger partial charge in [-0.2, -0.15) is 5.26 Å². The quantitative estimate of drug-likeness (QED) is 0.846. The van der Waals surface area contributed by atoms with Gasteiger partial charge in [-0.1, -0.05) is 41.9 Å². The number of nitriles is 1. The standard InChI is InChI=1S/C17H16ClN3/c18-15-12-20-9-6-16(15)21-10-7-17(13-19,8-11-21)14-4-2-1-3-5-14/h1-6,9,12H,7-8,10-11H2. The van der Waals surface area contributed by atoms with E-state index in [9.17, 15) is 5.26 Å². The summed E-state index contributed by atoms with van der Waals surface area (Å²) in [6, 6.07) is 14.6. The third-order valence-electron chi connectivity index (χ3n) is 4.25. The van der Waals surface area contributed by atoms with Crippen molar-refractivity contribution < 1.29 is 0 Å². The van der Waals surface area contributed by atoms with E-state index in [1.54, 1.807) is 12.4 Å². The molecule has 0 aliphatic carbocycles. The summed E-state index contributed by atoms with van der Waals surface area (Å²) in [6.45, 7) is 1.65. The minimum absolute atomic E-state index is 0.378. The molecule has 106 valence electrons. The van der Waals surface area contributed by atoms with E-state index in [1.807, 2.05) is 24.3 Å². The van der Waals surface area contributed by atoms with Crippen molar-refractivity contribution in [2.75, 3.05) is 18.0 Å². The molecule has 3 rings (SSSR count). The number of rotatable bonds is 2. The summed E-state index contributed by atoms with van der Waals surface area (Å²) in [5, 5.41) is 10.4. The van der Waals surface area contributed by atoms with Crippen LogP contribution < -0.4 is 4.90 Å². The summed E-state index contributed by atoms with van der Waals surface area (Å²) in [4.78, 5) is 6.26. The maximum absolute atomic E-state index is 9.70. The Morgan fingerprint density at radius 1 is 1.14 bits per heavy atom. The van der Waals surface area contributed by atoms with Gasteiger partial charge in [-0.15, -0.1) is 0 Å². The molecular weight excluding hydrogens is 282 g/mol. The first-order valence-corrected chi connectivity index (χ1v) is 7.44. The van der Waals surface area contributed by atoms with Gasteiger partial charge >= 0.3 is 0 Å². The molecule has 21 heavy (non-hydrogen) atoms. The van der Waals surface area contributed by atoms with Crippen molar-refractivity contribution in [2.45, 2.75) is 18.3 Å². The van der Waals surface area contributed by atoms with E-state index in [2.05, 4.69) is 28.1 Å². The van der Waals surface area contributed by atoms with Crippen molar-refractivity contribution in [3.63, 3.8) is 0 Å². The van der Waals surface area contributed by atoms with Crippen LogP contribution in [0.5, 0.6) is 0 Å². The number of pyridine rings is 1. The first-order valence-electron chi connectivity index (χ1n) is 7.06. The number of nitrogens with zero attached hydrogens (tertiary/aromatic N) is 3. The lowest BCUT2D eigenvalue weighted by molar-refractivity contribution is 0.416. The SMILES string of the molecule is N#CC1(c2ccccc2)CCN(c2ccncc2Cl)CC1. The van der Waals surface area contributed by atoms with Gasteiger partial charge in [-0.05, 0) is 24.5 Å². The van der Waals surface area contributed by atoms with Crippen LogP contribution in [0.1, 0.15) is 18.4 Å². The van der Waals surface area contributed by atoms with Crippen LogP contribution in [0.25, 0.3) is 0 Å². The van der Waals surface area contributed by atoms with E-state index >= 15 is 0 Å². The molecule has 0 atom stereocenters. The van der Waals surface area contributed by atoms with Gasteiger partial charge in [-0.3, -0.25) is 4.98 Å². The number of hydrogen-bond acceptors (Lipinski definition) is 3. The Bertz CT molecular complexity index is 655. The number of aromatic nitrogens is 1. The molecule has 0 amide bonds. The summed E-state index contributed by atoms with van der Waals surface area (Å²) in [5.74, 6) is 0. The van der Waals surface area contributed by atoms with E-state index in [0.29, 0.717) is 5.02 Å². The molecule has 2 heterocycles. The molecule has 0 radical (unpaired) electrons. The third-order valence-corrected chi connectivity index (χ3v) is 4.54. The van der Waals surface area contributed by atoms with E-state index in [-0.39, 0.29) is 5.41 Å². The van der Waals surface area contributed by atoms with Crippen LogP contribution in [0.2, 0.25) is 5.02 Å². The van der Waals surface area contributed by atoms with Crippen molar-refractivity contribution in [2.24, 2.45) is 0 Å². The minimum Gasteiger partial charge on any atom is -0.370 e. The van der Waals surface area contributed by atoms with Crippen LogP contribution in [0.4, 0.5) is 5.69 Å². The molecule has 1 aromatic carbocycles. The highest BCUT2D eigenvalue weighted by atomic mass is 35.5. The zero-order valence-corrected chi connectivity index (χ0v) is 12.4. The average Bonchev–Trinajstić information content (AvgIpc) is 2.56. The van der Waals surface area contributed by atoms with Crippen molar-refractivity contribution in [3.05, 3.63) is 59.4 Å². The molecule has 0 bridgehead atoms. The number of halogens is 1. The summed E-state index contributed by atoms with van der Waals surface area (Å²) in [6.07, 6.45) is 5.04. The second-order valence-electron chi connectivity index (χ2n) is 5.37. The van der Waals surface area contributed by atoms with E-state index < -0.39 is 0 Å². The lowest BCUT2D eigenvalue weighted by Crippen LogP contribution is -2.42. The second-order valence-corrected chi connectivity index (χ2v) is 5.78. The average molecular weight is 298 g/mol. The fraction of sp³-hybridized carbons (Fsp3) is 0.294. The largest absolute Gasteiger partial charge is 0.370 e. The first kappa shape index (κ1) is 13.9. The summed E-state index contributed by atoms with van der Waals surface area (Å²) in [7, 11) is 0. The molecular formula is C17H16ClN3. The molecule has 1 aliphatic rings. The summed E-state index contributed by atoms with van der Waals surface area (Å²) >= 11 is 6.21. The number of benzene rings is 1. The Hall–Kier alpha value is -2.05. The van der Waals surface area contributed by atoms with Crippen molar-refractivity contribution >= 4 is 17.3 Å². The fourth-order valence-electron chi connectivity index (χ4n) is 2.98. The zero-order valence-electron chi connectivity index (χ0n) is 11.7. The summed E-state index contributed by atoms with van der Waals surface area (Å²) < 4.78 is 0. The highest BCUT2D eigenvalue weighted by Gasteiger charge is 2.36. The van der Waals surface area contributed by atoms with E-state index in [1.165, 1.54) is 0 Å². The molecule has 3 nitrogen and oxygen atoms in total. The normalized spacial score (nSPS) is 17.2. The van der Waals surface area contributed by atoms with Crippen molar-refractivity contribution in [1.29, 1.82) is 5.26 Å². The molecule has 0 N–H and O–H groups in total. The smallest absolute Gasteiger partial charge is 0.0855 e. The van der Waals surface area contributed by atoms with Gasteiger partial charge in [0.25, 0.3) is 0 Å². The number of piperidine rings is 1. The Balaban J connectivity index is 1.81.